The molecule has 0 fully saturated rings. The third-order valence-electron chi connectivity index (χ3n) is 2.82. The molecule has 0 aliphatic heterocycles. The van der Waals surface area contributed by atoms with Crippen molar-refractivity contribution >= 4 is 10.1 Å². The van der Waals surface area contributed by atoms with E-state index in [1.165, 1.54) is 7.11 Å². The van der Waals surface area contributed by atoms with E-state index in [1.54, 1.807) is 54.6 Å². The Kier molecular flexibility index (Phi) is 3.87. The van der Waals surface area contributed by atoms with Crippen LogP contribution in [0.25, 0.3) is 0 Å². The summed E-state index contributed by atoms with van der Waals surface area (Å²) in [6.07, 6.45) is 0. The summed E-state index contributed by atoms with van der Waals surface area (Å²) in [7, 11) is -2.70. The molecule has 0 aliphatic rings. The molecule has 100 valence electrons. The summed E-state index contributed by atoms with van der Waals surface area (Å²) in [5.41, 5.74) is 1.02. The van der Waals surface area contributed by atoms with Gasteiger partial charge in [0.2, 0.25) is 0 Å². The van der Waals surface area contributed by atoms with Gasteiger partial charge in [0.1, 0.15) is 11.0 Å². The average molecular weight is 278 g/mol. The Morgan fingerprint density at radius 1 is 0.947 bits per heavy atom. The maximum absolute atomic E-state index is 11.6. The highest BCUT2D eigenvalue weighted by atomic mass is 32.2. The normalized spacial score (nSPS) is 12.9. The molecular formula is C14H14O4S. The highest BCUT2D eigenvalue weighted by Crippen LogP contribution is 2.30. The van der Waals surface area contributed by atoms with Crippen molar-refractivity contribution in [3.63, 3.8) is 0 Å². The molecule has 4 nitrogen and oxygen atoms in total. The van der Waals surface area contributed by atoms with E-state index in [0.717, 1.165) is 0 Å². The van der Waals surface area contributed by atoms with Crippen molar-refractivity contribution in [2.75, 3.05) is 7.11 Å². The fourth-order valence-electron chi connectivity index (χ4n) is 1.94. The van der Waals surface area contributed by atoms with Crippen molar-refractivity contribution in [3.8, 4) is 5.75 Å². The maximum Gasteiger partial charge on any atom is 0.276 e. The van der Waals surface area contributed by atoms with Gasteiger partial charge >= 0.3 is 0 Å². The van der Waals surface area contributed by atoms with Gasteiger partial charge in [-0.2, -0.15) is 8.42 Å². The summed E-state index contributed by atoms with van der Waals surface area (Å²) in [5, 5.41) is -1.08. The number of ether oxygens (including phenoxy) is 1. The van der Waals surface area contributed by atoms with Crippen molar-refractivity contribution in [1.82, 2.24) is 0 Å². The lowest BCUT2D eigenvalue weighted by atomic mass is 10.0. The largest absolute Gasteiger partial charge is 0.497 e. The highest BCUT2D eigenvalue weighted by molar-refractivity contribution is 7.86. The standard InChI is InChI=1S/C14H14O4S/c1-18-13-9-7-12(8-10-13)14(19(15,16)17)11-5-3-2-4-6-11/h2-10,14H,1H3,(H,15,16,17). The van der Waals surface area contributed by atoms with Crippen LogP contribution in [0.1, 0.15) is 16.4 Å². The van der Waals surface area contributed by atoms with E-state index in [0.29, 0.717) is 16.9 Å². The number of hydrogen-bond donors (Lipinski definition) is 1. The molecule has 0 saturated heterocycles. The molecule has 0 saturated carbocycles. The van der Waals surface area contributed by atoms with Gasteiger partial charge in [0.25, 0.3) is 10.1 Å². The third-order valence-corrected chi connectivity index (χ3v) is 3.96. The summed E-state index contributed by atoms with van der Waals surface area (Å²) in [6.45, 7) is 0. The maximum atomic E-state index is 11.6. The summed E-state index contributed by atoms with van der Waals surface area (Å²) in [6, 6.07) is 15.2. The minimum atomic E-state index is -4.23. The van der Waals surface area contributed by atoms with Crippen molar-refractivity contribution in [2.24, 2.45) is 0 Å². The number of hydrogen-bond acceptors (Lipinski definition) is 3. The SMILES string of the molecule is COc1ccc(C(c2ccccc2)S(=O)(=O)O)cc1. The lowest BCUT2D eigenvalue weighted by molar-refractivity contribution is 0.414. The van der Waals surface area contributed by atoms with E-state index >= 15 is 0 Å². The van der Waals surface area contributed by atoms with Gasteiger partial charge in [-0.15, -0.1) is 0 Å². The van der Waals surface area contributed by atoms with Crippen molar-refractivity contribution < 1.29 is 17.7 Å². The molecule has 1 unspecified atom stereocenters. The molecule has 0 heterocycles. The lowest BCUT2D eigenvalue weighted by Crippen LogP contribution is -2.13. The van der Waals surface area contributed by atoms with Crippen molar-refractivity contribution in [2.45, 2.75) is 5.25 Å². The molecule has 0 radical (unpaired) electrons. The first kappa shape index (κ1) is 13.6. The third kappa shape index (κ3) is 3.13. The molecular weight excluding hydrogens is 264 g/mol. The summed E-state index contributed by atoms with van der Waals surface area (Å²) < 4.78 is 37.7. The number of rotatable bonds is 4. The van der Waals surface area contributed by atoms with Gasteiger partial charge in [-0.3, -0.25) is 4.55 Å². The fourth-order valence-corrected chi connectivity index (χ4v) is 2.95. The lowest BCUT2D eigenvalue weighted by Gasteiger charge is -2.15. The predicted octanol–water partition coefficient (Wildman–Crippen LogP) is 2.67. The van der Waals surface area contributed by atoms with E-state index in [9.17, 15) is 13.0 Å². The average Bonchev–Trinajstić information content (AvgIpc) is 2.39. The second kappa shape index (κ2) is 5.42. The van der Waals surface area contributed by atoms with Crippen molar-refractivity contribution in [3.05, 3.63) is 65.7 Å². The van der Waals surface area contributed by atoms with Crippen LogP contribution in [0, 0.1) is 0 Å². The van der Waals surface area contributed by atoms with E-state index in [4.69, 9.17) is 4.74 Å². The van der Waals surface area contributed by atoms with E-state index < -0.39 is 15.4 Å². The first-order chi connectivity index (χ1) is 9.02. The molecule has 1 N–H and O–H groups in total. The molecule has 0 amide bonds. The smallest absolute Gasteiger partial charge is 0.276 e. The highest BCUT2D eigenvalue weighted by Gasteiger charge is 2.26. The Morgan fingerprint density at radius 2 is 1.47 bits per heavy atom. The molecule has 0 spiro atoms. The molecule has 2 aromatic carbocycles. The van der Waals surface area contributed by atoms with Crippen LogP contribution < -0.4 is 4.74 Å². The Bertz CT molecular complexity index is 633. The molecule has 5 heteroatoms. The Balaban J connectivity index is 2.50. The first-order valence-corrected chi connectivity index (χ1v) is 7.18. The van der Waals surface area contributed by atoms with Gasteiger partial charge in [0.15, 0.2) is 0 Å². The van der Waals surface area contributed by atoms with E-state index in [2.05, 4.69) is 0 Å². The topological polar surface area (TPSA) is 63.6 Å². The van der Waals surface area contributed by atoms with Gasteiger partial charge in [0.05, 0.1) is 7.11 Å². The molecule has 0 aromatic heterocycles. The number of methoxy groups -OCH3 is 1. The van der Waals surface area contributed by atoms with Crippen LogP contribution in [0.15, 0.2) is 54.6 Å². The molecule has 0 aliphatic carbocycles. The van der Waals surface area contributed by atoms with E-state index in [-0.39, 0.29) is 0 Å². The van der Waals surface area contributed by atoms with Crippen LogP contribution >= 0.6 is 0 Å². The fraction of sp³-hybridized carbons (Fsp3) is 0.143. The van der Waals surface area contributed by atoms with E-state index in [1.807, 2.05) is 0 Å². The predicted molar refractivity (Wildman–Crippen MR) is 72.8 cm³/mol. The second-order valence-corrected chi connectivity index (χ2v) is 5.58. The van der Waals surface area contributed by atoms with Gasteiger partial charge in [0, 0.05) is 0 Å². The number of benzene rings is 2. The Hall–Kier alpha value is -1.85. The van der Waals surface area contributed by atoms with Gasteiger partial charge in [-0.1, -0.05) is 42.5 Å². The molecule has 0 bridgehead atoms. The zero-order chi connectivity index (χ0) is 13.9. The first-order valence-electron chi connectivity index (χ1n) is 5.67. The minimum absolute atomic E-state index is 0.495. The quantitative estimate of drug-likeness (QED) is 0.873. The van der Waals surface area contributed by atoms with Crippen LogP contribution in [-0.2, 0) is 10.1 Å². The van der Waals surface area contributed by atoms with Gasteiger partial charge in [-0.05, 0) is 23.3 Å². The molecule has 1 atom stereocenters. The second-order valence-electron chi connectivity index (χ2n) is 4.08. The molecule has 2 aromatic rings. The summed E-state index contributed by atoms with van der Waals surface area (Å²) >= 11 is 0. The van der Waals surface area contributed by atoms with Crippen LogP contribution in [0.4, 0.5) is 0 Å². The zero-order valence-corrected chi connectivity index (χ0v) is 11.2. The van der Waals surface area contributed by atoms with Gasteiger partial charge < -0.3 is 4.74 Å². The zero-order valence-electron chi connectivity index (χ0n) is 10.4. The van der Waals surface area contributed by atoms with Crippen LogP contribution in [0.2, 0.25) is 0 Å². The van der Waals surface area contributed by atoms with Crippen LogP contribution in [-0.4, -0.2) is 20.1 Å². The molecule has 19 heavy (non-hydrogen) atoms. The molecule has 2 rings (SSSR count). The summed E-state index contributed by atoms with van der Waals surface area (Å²) in [5.74, 6) is 0.630. The van der Waals surface area contributed by atoms with Gasteiger partial charge in [-0.25, -0.2) is 0 Å². The van der Waals surface area contributed by atoms with Crippen LogP contribution in [0.5, 0.6) is 5.75 Å². The van der Waals surface area contributed by atoms with Crippen molar-refractivity contribution in [1.29, 1.82) is 0 Å². The Labute approximate surface area is 112 Å². The monoisotopic (exact) mass is 278 g/mol. The van der Waals surface area contributed by atoms with Crippen LogP contribution in [0.3, 0.4) is 0 Å². The minimum Gasteiger partial charge on any atom is -0.497 e. The summed E-state index contributed by atoms with van der Waals surface area (Å²) in [4.78, 5) is 0. The Morgan fingerprint density at radius 3 is 1.95 bits per heavy atom.